The van der Waals surface area contributed by atoms with Crippen LogP contribution in [0.5, 0.6) is 0 Å². The van der Waals surface area contributed by atoms with Crippen LogP contribution in [-0.4, -0.2) is 6.04 Å². The first-order chi connectivity index (χ1) is 3.72. The lowest BCUT2D eigenvalue weighted by Gasteiger charge is -2.12. The minimum atomic E-state index is 0.481. The normalized spacial score (nSPS) is 47.6. The van der Waals surface area contributed by atoms with Gasteiger partial charge in [0.1, 0.15) is 0 Å². The third-order valence-corrected chi connectivity index (χ3v) is 2.39. The van der Waals surface area contributed by atoms with Gasteiger partial charge in [0.15, 0.2) is 0 Å². The van der Waals surface area contributed by atoms with Crippen LogP contribution in [0.2, 0.25) is 0 Å². The molecule has 8 heavy (non-hydrogen) atoms. The Morgan fingerprint density at radius 2 is 1.50 bits per heavy atom. The third-order valence-electron chi connectivity index (χ3n) is 2.39. The van der Waals surface area contributed by atoms with E-state index in [0.717, 1.165) is 11.8 Å². The predicted molar refractivity (Wildman–Crippen MR) is 35.5 cm³/mol. The average Bonchev–Trinajstić information content (AvgIpc) is 1.98. The van der Waals surface area contributed by atoms with Gasteiger partial charge < -0.3 is 5.73 Å². The van der Waals surface area contributed by atoms with Crippen LogP contribution in [0.3, 0.4) is 0 Å². The number of nitrogens with two attached hydrogens (primary N) is 1. The highest BCUT2D eigenvalue weighted by Gasteiger charge is 2.26. The molecule has 0 aromatic rings. The van der Waals surface area contributed by atoms with Gasteiger partial charge in [0.2, 0.25) is 0 Å². The smallest absolute Gasteiger partial charge is 0.00903 e. The molecule has 1 fully saturated rings. The van der Waals surface area contributed by atoms with Crippen molar-refractivity contribution < 1.29 is 0 Å². The highest BCUT2D eigenvalue weighted by molar-refractivity contribution is 4.82. The Bertz CT molecular complexity index is 70.5. The van der Waals surface area contributed by atoms with Crippen LogP contribution in [0.4, 0.5) is 0 Å². The van der Waals surface area contributed by atoms with Gasteiger partial charge in [0.25, 0.3) is 0 Å². The second-order valence-corrected chi connectivity index (χ2v) is 3.11. The van der Waals surface area contributed by atoms with E-state index >= 15 is 0 Å². The highest BCUT2D eigenvalue weighted by Crippen LogP contribution is 2.28. The van der Waals surface area contributed by atoms with Crippen LogP contribution in [0.15, 0.2) is 0 Å². The first-order valence-electron chi connectivity index (χ1n) is 3.47. The maximum Gasteiger partial charge on any atom is 0.00903 e. The molecule has 0 amide bonds. The van der Waals surface area contributed by atoms with Crippen LogP contribution in [0.1, 0.15) is 26.7 Å². The topological polar surface area (TPSA) is 26.0 Å². The van der Waals surface area contributed by atoms with E-state index in [2.05, 4.69) is 13.8 Å². The van der Waals surface area contributed by atoms with Crippen molar-refractivity contribution in [1.82, 2.24) is 0 Å². The van der Waals surface area contributed by atoms with E-state index in [1.165, 1.54) is 12.8 Å². The molecule has 1 aliphatic carbocycles. The molecule has 1 aliphatic rings. The molecule has 2 unspecified atom stereocenters. The van der Waals surface area contributed by atoms with E-state index in [1.807, 2.05) is 0 Å². The average molecular weight is 113 g/mol. The Hall–Kier alpha value is -0.0400. The van der Waals surface area contributed by atoms with Crippen LogP contribution in [-0.2, 0) is 0 Å². The summed E-state index contributed by atoms with van der Waals surface area (Å²) < 4.78 is 0. The van der Waals surface area contributed by atoms with E-state index in [4.69, 9.17) is 5.73 Å². The molecule has 1 heteroatoms. The molecule has 0 aliphatic heterocycles. The van der Waals surface area contributed by atoms with Crippen LogP contribution >= 0.6 is 0 Å². The quantitative estimate of drug-likeness (QED) is 0.504. The van der Waals surface area contributed by atoms with Crippen molar-refractivity contribution in [1.29, 1.82) is 0 Å². The summed E-state index contributed by atoms with van der Waals surface area (Å²) in [4.78, 5) is 0. The maximum absolute atomic E-state index is 5.82. The molecular formula is C7H15N. The molecule has 2 N–H and O–H groups in total. The lowest BCUT2D eigenvalue weighted by molar-refractivity contribution is 0.456. The van der Waals surface area contributed by atoms with Crippen molar-refractivity contribution in [3.8, 4) is 0 Å². The van der Waals surface area contributed by atoms with Gasteiger partial charge in [-0.3, -0.25) is 0 Å². The Balaban J connectivity index is 2.44. The Morgan fingerprint density at radius 1 is 1.12 bits per heavy atom. The summed E-state index contributed by atoms with van der Waals surface area (Å²) in [6.07, 6.45) is 2.67. The van der Waals surface area contributed by atoms with Gasteiger partial charge in [-0.1, -0.05) is 13.8 Å². The van der Waals surface area contributed by atoms with E-state index in [0.29, 0.717) is 6.04 Å². The summed E-state index contributed by atoms with van der Waals surface area (Å²) in [5.41, 5.74) is 5.82. The fraction of sp³-hybridized carbons (Fsp3) is 1.00. The van der Waals surface area contributed by atoms with Crippen molar-refractivity contribution >= 4 is 0 Å². The van der Waals surface area contributed by atoms with Gasteiger partial charge in [0.05, 0.1) is 0 Å². The van der Waals surface area contributed by atoms with Crippen LogP contribution < -0.4 is 5.73 Å². The predicted octanol–water partition coefficient (Wildman–Crippen LogP) is 1.38. The summed E-state index contributed by atoms with van der Waals surface area (Å²) in [6.45, 7) is 4.49. The van der Waals surface area contributed by atoms with Gasteiger partial charge in [-0.05, 0) is 24.7 Å². The van der Waals surface area contributed by atoms with Gasteiger partial charge in [0, 0.05) is 6.04 Å². The molecule has 2 atom stereocenters. The first kappa shape index (κ1) is 6.09. The van der Waals surface area contributed by atoms with Gasteiger partial charge in [-0.15, -0.1) is 0 Å². The van der Waals surface area contributed by atoms with Gasteiger partial charge in [-0.25, -0.2) is 0 Å². The van der Waals surface area contributed by atoms with Crippen molar-refractivity contribution in [3.05, 3.63) is 0 Å². The second kappa shape index (κ2) is 2.06. The van der Waals surface area contributed by atoms with Crippen molar-refractivity contribution in [3.63, 3.8) is 0 Å². The number of rotatable bonds is 0. The molecule has 48 valence electrons. The van der Waals surface area contributed by atoms with Crippen LogP contribution in [0, 0.1) is 11.8 Å². The fourth-order valence-electron chi connectivity index (χ4n) is 1.47. The minimum absolute atomic E-state index is 0.481. The Morgan fingerprint density at radius 3 is 1.62 bits per heavy atom. The molecule has 0 spiro atoms. The fourth-order valence-corrected chi connectivity index (χ4v) is 1.47. The first-order valence-corrected chi connectivity index (χ1v) is 3.47. The zero-order chi connectivity index (χ0) is 6.15. The second-order valence-electron chi connectivity index (χ2n) is 3.11. The molecule has 0 saturated heterocycles. The van der Waals surface area contributed by atoms with Crippen molar-refractivity contribution in [2.75, 3.05) is 0 Å². The van der Waals surface area contributed by atoms with E-state index < -0.39 is 0 Å². The highest BCUT2D eigenvalue weighted by atomic mass is 14.7. The molecule has 0 radical (unpaired) electrons. The van der Waals surface area contributed by atoms with Gasteiger partial charge in [-0.2, -0.15) is 0 Å². The van der Waals surface area contributed by atoms with E-state index in [1.54, 1.807) is 0 Å². The summed E-state index contributed by atoms with van der Waals surface area (Å²) in [6, 6.07) is 0.481. The summed E-state index contributed by atoms with van der Waals surface area (Å²) >= 11 is 0. The minimum Gasteiger partial charge on any atom is -0.327 e. The lowest BCUT2D eigenvalue weighted by Crippen LogP contribution is -2.27. The molecule has 0 aromatic heterocycles. The standard InChI is InChI=1S/C7H15N/c1-5-3-4-6(2)7(5)8/h5-7H,3-4,8H2,1-2H3. The van der Waals surface area contributed by atoms with Crippen molar-refractivity contribution in [2.24, 2.45) is 17.6 Å². The molecule has 0 bridgehead atoms. The lowest BCUT2D eigenvalue weighted by atomic mass is 10.0. The molecule has 0 heterocycles. The van der Waals surface area contributed by atoms with E-state index in [-0.39, 0.29) is 0 Å². The zero-order valence-corrected chi connectivity index (χ0v) is 5.72. The maximum atomic E-state index is 5.82. The zero-order valence-electron chi connectivity index (χ0n) is 5.72. The monoisotopic (exact) mass is 113 g/mol. The summed E-state index contributed by atoms with van der Waals surface area (Å²) in [7, 11) is 0. The largest absolute Gasteiger partial charge is 0.327 e. The Kier molecular flexibility index (Phi) is 1.57. The third kappa shape index (κ3) is 0.873. The summed E-state index contributed by atoms with van der Waals surface area (Å²) in [5.74, 6) is 1.54. The number of hydrogen-bond donors (Lipinski definition) is 1. The van der Waals surface area contributed by atoms with Gasteiger partial charge >= 0.3 is 0 Å². The van der Waals surface area contributed by atoms with E-state index in [9.17, 15) is 0 Å². The Labute approximate surface area is 51.3 Å². The van der Waals surface area contributed by atoms with Crippen molar-refractivity contribution in [2.45, 2.75) is 32.7 Å². The molecule has 1 nitrogen and oxygen atoms in total. The molecule has 1 saturated carbocycles. The number of hydrogen-bond acceptors (Lipinski definition) is 1. The van der Waals surface area contributed by atoms with Crippen LogP contribution in [0.25, 0.3) is 0 Å². The molecule has 0 aromatic carbocycles. The molecule has 1 rings (SSSR count). The SMILES string of the molecule is CC1CCC(C)C1N. The summed E-state index contributed by atoms with van der Waals surface area (Å²) in [5, 5.41) is 0. The molecular weight excluding hydrogens is 98.1 g/mol.